The highest BCUT2D eigenvalue weighted by Gasteiger charge is 2.46. The molecule has 4 atom stereocenters. The quantitative estimate of drug-likeness (QED) is 0.360. The lowest BCUT2D eigenvalue weighted by atomic mass is 10.0. The van der Waals surface area contributed by atoms with Crippen LogP contribution in [-0.2, 0) is 16.2 Å². The minimum atomic E-state index is -2.05. The van der Waals surface area contributed by atoms with Crippen molar-refractivity contribution >= 4 is 13.8 Å². The molecule has 2 rings (SSSR count). The fourth-order valence-corrected chi connectivity index (χ4v) is 9.98. The first-order valence-corrected chi connectivity index (χ1v) is 13.3. The zero-order chi connectivity index (χ0) is 23.3. The van der Waals surface area contributed by atoms with Crippen molar-refractivity contribution in [1.82, 2.24) is 0 Å². The van der Waals surface area contributed by atoms with Gasteiger partial charge >= 0.3 is 0 Å². The maximum atomic E-state index is 12.3. The summed E-state index contributed by atoms with van der Waals surface area (Å²) in [7, 11) is -2.05. The van der Waals surface area contributed by atoms with Crippen LogP contribution in [0.3, 0.4) is 0 Å². The van der Waals surface area contributed by atoms with Crippen LogP contribution < -0.4 is 0 Å². The van der Waals surface area contributed by atoms with Gasteiger partial charge in [-0.3, -0.25) is 5.21 Å². The predicted octanol–water partition coefficient (Wildman–Crippen LogP) is 3.80. The Morgan fingerprint density at radius 2 is 1.61 bits per heavy atom. The molecule has 0 radical (unpaired) electrons. The first kappa shape index (κ1) is 25.4. The molecule has 0 amide bonds. The molecule has 1 aromatic carbocycles. The van der Waals surface area contributed by atoms with Crippen LogP contribution in [-0.4, -0.2) is 53.3 Å². The molecule has 0 saturated carbocycles. The summed E-state index contributed by atoms with van der Waals surface area (Å²) >= 11 is 0. The molecule has 1 aliphatic heterocycles. The van der Waals surface area contributed by atoms with Gasteiger partial charge in [0.05, 0.1) is 6.61 Å². The van der Waals surface area contributed by atoms with Crippen molar-refractivity contribution in [2.45, 2.75) is 96.1 Å². The van der Waals surface area contributed by atoms with E-state index < -0.39 is 32.5 Å². The SMILES string of the molecule is CC(C)[Si](C#C[C@@H](O)[C@H]1O[N+]([O-])=C([C@@H](C)OCc2ccccc2)[C@H]1O)(C(C)C)C(C)C. The van der Waals surface area contributed by atoms with E-state index in [0.717, 1.165) is 5.56 Å². The lowest BCUT2D eigenvalue weighted by Crippen LogP contribution is -2.45. The van der Waals surface area contributed by atoms with E-state index >= 15 is 0 Å². The lowest BCUT2D eigenvalue weighted by molar-refractivity contribution is -0.743. The van der Waals surface area contributed by atoms with E-state index in [0.29, 0.717) is 23.2 Å². The van der Waals surface area contributed by atoms with Gasteiger partial charge in [-0.1, -0.05) is 77.8 Å². The summed E-state index contributed by atoms with van der Waals surface area (Å²) in [4.78, 5) is 5.51. The van der Waals surface area contributed by atoms with Gasteiger partial charge in [-0.2, -0.15) is 0 Å². The van der Waals surface area contributed by atoms with Gasteiger partial charge < -0.3 is 19.8 Å². The van der Waals surface area contributed by atoms with Crippen LogP contribution in [0.25, 0.3) is 0 Å². The Labute approximate surface area is 187 Å². The van der Waals surface area contributed by atoms with Crippen molar-refractivity contribution in [3.8, 4) is 11.5 Å². The second-order valence-electron chi connectivity index (χ2n) is 9.25. The molecule has 0 saturated heterocycles. The molecule has 0 unspecified atom stereocenters. The average molecular weight is 448 g/mol. The summed E-state index contributed by atoms with van der Waals surface area (Å²) < 4.78 is 5.76. The van der Waals surface area contributed by atoms with E-state index in [2.05, 4.69) is 53.0 Å². The van der Waals surface area contributed by atoms with Crippen LogP contribution in [0.2, 0.25) is 16.6 Å². The minimum absolute atomic E-state index is 0.0434. The molecular weight excluding hydrogens is 410 g/mol. The monoisotopic (exact) mass is 447 g/mol. The summed E-state index contributed by atoms with van der Waals surface area (Å²) in [5, 5.41) is 33.8. The van der Waals surface area contributed by atoms with E-state index in [1.54, 1.807) is 6.92 Å². The van der Waals surface area contributed by atoms with Crippen LogP contribution >= 0.6 is 0 Å². The number of rotatable bonds is 8. The van der Waals surface area contributed by atoms with Gasteiger partial charge in [-0.05, 0) is 29.1 Å². The summed E-state index contributed by atoms with van der Waals surface area (Å²) in [5.41, 5.74) is 5.65. The lowest BCUT2D eigenvalue weighted by Gasteiger charge is -2.38. The normalized spacial score (nSPS) is 21.3. The van der Waals surface area contributed by atoms with Gasteiger partial charge in [0.2, 0.25) is 0 Å². The summed E-state index contributed by atoms with van der Waals surface area (Å²) in [5.74, 6) is 2.94. The van der Waals surface area contributed by atoms with Crippen molar-refractivity contribution in [2.24, 2.45) is 0 Å². The number of hydrogen-bond acceptors (Lipinski definition) is 5. The number of benzene rings is 1. The van der Waals surface area contributed by atoms with Crippen molar-refractivity contribution in [2.75, 3.05) is 0 Å². The molecule has 0 fully saturated rings. The minimum Gasteiger partial charge on any atom is -0.393 e. The molecule has 31 heavy (non-hydrogen) atoms. The fourth-order valence-electron chi connectivity index (χ4n) is 4.72. The summed E-state index contributed by atoms with van der Waals surface area (Å²) in [6.07, 6.45) is -4.37. The molecule has 0 bridgehead atoms. The topological polar surface area (TPSA) is 85.0 Å². The van der Waals surface area contributed by atoms with Crippen molar-refractivity contribution in [1.29, 1.82) is 0 Å². The van der Waals surface area contributed by atoms with E-state index in [4.69, 9.17) is 9.57 Å². The van der Waals surface area contributed by atoms with Gasteiger partial charge in [0.15, 0.2) is 6.10 Å². The highest BCUT2D eigenvalue weighted by atomic mass is 28.3. The standard InChI is InChI=1S/C24H37NO5Si/c1-16(2)31(17(3)4,18(5)6)14-13-21(26)24-23(27)22(25(28)30-24)19(7)29-15-20-11-9-8-10-12-20/h8-12,16-19,21,23-24,26-27H,15H2,1-7H3/t19-,21-,23-,24-/m1/s1. The van der Waals surface area contributed by atoms with Gasteiger partial charge in [0.1, 0.15) is 26.4 Å². The molecule has 172 valence electrons. The number of aliphatic hydroxyl groups excluding tert-OH is 2. The van der Waals surface area contributed by atoms with Crippen LogP contribution in [0.1, 0.15) is 54.0 Å². The van der Waals surface area contributed by atoms with Gasteiger partial charge in [0, 0.05) is 4.90 Å². The molecule has 1 aromatic rings. The third kappa shape index (κ3) is 5.50. The smallest absolute Gasteiger partial charge is 0.279 e. The Hall–Kier alpha value is -1.85. The second kappa shape index (κ2) is 10.6. The third-order valence-corrected chi connectivity index (χ3v) is 12.7. The molecule has 0 aromatic heterocycles. The Bertz CT molecular complexity index is 790. The molecule has 6 nitrogen and oxygen atoms in total. The Kier molecular flexibility index (Phi) is 8.72. The van der Waals surface area contributed by atoms with Crippen LogP contribution in [0.5, 0.6) is 0 Å². The molecule has 2 N–H and O–H groups in total. The maximum absolute atomic E-state index is 12.3. The van der Waals surface area contributed by atoms with Gasteiger partial charge in [-0.25, -0.2) is 0 Å². The molecule has 1 heterocycles. The Morgan fingerprint density at radius 1 is 1.06 bits per heavy atom. The van der Waals surface area contributed by atoms with E-state index in [-0.39, 0.29) is 10.6 Å². The van der Waals surface area contributed by atoms with Gasteiger partial charge in [-0.15, -0.1) is 5.54 Å². The number of aliphatic hydroxyl groups is 2. The fraction of sp³-hybridized carbons (Fsp3) is 0.625. The zero-order valence-corrected chi connectivity index (χ0v) is 20.7. The Morgan fingerprint density at radius 3 is 2.13 bits per heavy atom. The average Bonchev–Trinajstić information content (AvgIpc) is 3.00. The first-order chi connectivity index (χ1) is 14.5. The van der Waals surface area contributed by atoms with E-state index in [1.807, 2.05) is 30.3 Å². The third-order valence-electron chi connectivity index (χ3n) is 6.42. The van der Waals surface area contributed by atoms with E-state index in [9.17, 15) is 15.4 Å². The highest BCUT2D eigenvalue weighted by molar-refractivity contribution is 6.90. The number of nitrogens with zero attached hydrogens (tertiary/aromatic N) is 1. The molecule has 7 heteroatoms. The molecule has 0 aliphatic carbocycles. The molecular formula is C24H37NO5Si. The molecule has 1 aliphatic rings. The van der Waals surface area contributed by atoms with Crippen molar-refractivity contribution in [3.63, 3.8) is 0 Å². The number of hydrogen-bond donors (Lipinski definition) is 2. The van der Waals surface area contributed by atoms with Crippen LogP contribution in [0, 0.1) is 16.7 Å². The van der Waals surface area contributed by atoms with Crippen LogP contribution in [0.4, 0.5) is 0 Å². The maximum Gasteiger partial charge on any atom is 0.279 e. The Balaban J connectivity index is 2.13. The zero-order valence-electron chi connectivity index (χ0n) is 19.7. The summed E-state index contributed by atoms with van der Waals surface area (Å²) in [6, 6.07) is 9.57. The van der Waals surface area contributed by atoms with Gasteiger partial charge in [0.25, 0.3) is 5.71 Å². The van der Waals surface area contributed by atoms with Crippen molar-refractivity contribution in [3.05, 3.63) is 41.1 Å². The second-order valence-corrected chi connectivity index (χ2v) is 14.8. The highest BCUT2D eigenvalue weighted by Crippen LogP contribution is 2.40. The van der Waals surface area contributed by atoms with Crippen LogP contribution in [0.15, 0.2) is 30.3 Å². The first-order valence-electron chi connectivity index (χ1n) is 11.1. The van der Waals surface area contributed by atoms with Crippen molar-refractivity contribution < 1.29 is 24.7 Å². The predicted molar refractivity (Wildman–Crippen MR) is 125 cm³/mol. The summed E-state index contributed by atoms with van der Waals surface area (Å²) in [6.45, 7) is 15.1. The molecule has 0 spiro atoms. The van der Waals surface area contributed by atoms with E-state index in [1.165, 1.54) is 0 Å². The largest absolute Gasteiger partial charge is 0.393 e. The number of ether oxygens (including phenoxy) is 1.